The number of halogens is 2. The zero-order valence-electron chi connectivity index (χ0n) is 10.4. The van der Waals surface area contributed by atoms with Gasteiger partial charge in [-0.2, -0.15) is 0 Å². The van der Waals surface area contributed by atoms with Gasteiger partial charge >= 0.3 is 6.03 Å². The van der Waals surface area contributed by atoms with Gasteiger partial charge in [0.25, 0.3) is 0 Å². The van der Waals surface area contributed by atoms with Crippen molar-refractivity contribution in [1.29, 1.82) is 0 Å². The Kier molecular flexibility index (Phi) is 4.31. The standard InChI is InChI=1S/C13H16F2N2O2/c14-11-1-2-12(15)10(5-11)6-16-13(19)17-4-3-9(7-17)8-18/h1-2,5,9,18H,3-4,6-8H2,(H,16,19). The first kappa shape index (κ1) is 13.7. The number of urea groups is 1. The highest BCUT2D eigenvalue weighted by Crippen LogP contribution is 2.15. The van der Waals surface area contributed by atoms with Crippen LogP contribution in [-0.4, -0.2) is 35.7 Å². The summed E-state index contributed by atoms with van der Waals surface area (Å²) in [5.74, 6) is -0.972. The molecule has 0 aromatic heterocycles. The molecule has 1 saturated heterocycles. The van der Waals surface area contributed by atoms with E-state index >= 15 is 0 Å². The fraction of sp³-hybridized carbons (Fsp3) is 0.462. The van der Waals surface area contributed by atoms with Gasteiger partial charge in [0, 0.05) is 37.7 Å². The fourth-order valence-corrected chi connectivity index (χ4v) is 2.13. The third kappa shape index (κ3) is 3.41. The van der Waals surface area contributed by atoms with E-state index in [4.69, 9.17) is 5.11 Å². The van der Waals surface area contributed by atoms with Crippen molar-refractivity contribution in [3.8, 4) is 0 Å². The van der Waals surface area contributed by atoms with Crippen molar-refractivity contribution in [2.45, 2.75) is 13.0 Å². The van der Waals surface area contributed by atoms with Crippen molar-refractivity contribution in [1.82, 2.24) is 10.2 Å². The van der Waals surface area contributed by atoms with Gasteiger partial charge in [0.15, 0.2) is 0 Å². The molecule has 104 valence electrons. The van der Waals surface area contributed by atoms with E-state index < -0.39 is 11.6 Å². The number of likely N-dealkylation sites (tertiary alicyclic amines) is 1. The number of nitrogens with one attached hydrogen (secondary N) is 1. The molecule has 19 heavy (non-hydrogen) atoms. The lowest BCUT2D eigenvalue weighted by Gasteiger charge is -2.17. The predicted octanol–water partition coefficient (Wildman–Crippen LogP) is 1.49. The summed E-state index contributed by atoms with van der Waals surface area (Å²) >= 11 is 0. The Bertz CT molecular complexity index is 468. The molecule has 1 heterocycles. The van der Waals surface area contributed by atoms with Crippen LogP contribution in [0.2, 0.25) is 0 Å². The van der Waals surface area contributed by atoms with Crippen molar-refractivity contribution >= 4 is 6.03 Å². The van der Waals surface area contributed by atoms with Crippen LogP contribution in [0.15, 0.2) is 18.2 Å². The van der Waals surface area contributed by atoms with Gasteiger partial charge in [-0.25, -0.2) is 13.6 Å². The Morgan fingerprint density at radius 2 is 2.26 bits per heavy atom. The number of carbonyl (C=O) groups is 1. The third-order valence-electron chi connectivity index (χ3n) is 3.27. The van der Waals surface area contributed by atoms with Crippen molar-refractivity contribution in [2.75, 3.05) is 19.7 Å². The minimum absolute atomic E-state index is 0.0529. The molecule has 1 atom stereocenters. The zero-order valence-corrected chi connectivity index (χ0v) is 10.4. The maximum absolute atomic E-state index is 13.3. The number of benzene rings is 1. The third-order valence-corrected chi connectivity index (χ3v) is 3.27. The molecule has 0 bridgehead atoms. The average Bonchev–Trinajstić information content (AvgIpc) is 2.88. The van der Waals surface area contributed by atoms with E-state index in [1.807, 2.05) is 0 Å². The molecule has 2 N–H and O–H groups in total. The average molecular weight is 270 g/mol. The molecule has 4 nitrogen and oxygen atoms in total. The first-order valence-electron chi connectivity index (χ1n) is 6.17. The molecule has 0 aliphatic carbocycles. The molecule has 2 amide bonds. The van der Waals surface area contributed by atoms with Crippen LogP contribution in [-0.2, 0) is 6.54 Å². The summed E-state index contributed by atoms with van der Waals surface area (Å²) in [5, 5.41) is 11.5. The maximum Gasteiger partial charge on any atom is 0.317 e. The van der Waals surface area contributed by atoms with E-state index in [0.717, 1.165) is 24.6 Å². The smallest absolute Gasteiger partial charge is 0.317 e. The topological polar surface area (TPSA) is 52.6 Å². The summed E-state index contributed by atoms with van der Waals surface area (Å²) in [7, 11) is 0. The van der Waals surface area contributed by atoms with Gasteiger partial charge in [-0.15, -0.1) is 0 Å². The van der Waals surface area contributed by atoms with Crippen LogP contribution >= 0.6 is 0 Å². The quantitative estimate of drug-likeness (QED) is 0.874. The first-order valence-corrected chi connectivity index (χ1v) is 6.17. The minimum atomic E-state index is -0.545. The van der Waals surface area contributed by atoms with Crippen LogP contribution in [0.3, 0.4) is 0 Å². The summed E-state index contributed by atoms with van der Waals surface area (Å²) in [6.07, 6.45) is 0.762. The second-order valence-corrected chi connectivity index (χ2v) is 4.68. The maximum atomic E-state index is 13.3. The number of rotatable bonds is 3. The highest BCUT2D eigenvalue weighted by molar-refractivity contribution is 5.74. The molecule has 1 fully saturated rings. The minimum Gasteiger partial charge on any atom is -0.396 e. The lowest BCUT2D eigenvalue weighted by atomic mass is 10.1. The molecule has 1 aromatic rings. The van der Waals surface area contributed by atoms with Gasteiger partial charge in [0.2, 0.25) is 0 Å². The van der Waals surface area contributed by atoms with E-state index in [2.05, 4.69) is 5.32 Å². The van der Waals surface area contributed by atoms with Crippen LogP contribution in [0.1, 0.15) is 12.0 Å². The number of hydrogen-bond acceptors (Lipinski definition) is 2. The number of hydrogen-bond donors (Lipinski definition) is 2. The number of carbonyl (C=O) groups excluding carboxylic acids is 1. The van der Waals surface area contributed by atoms with Crippen molar-refractivity contribution in [2.24, 2.45) is 5.92 Å². The SMILES string of the molecule is O=C(NCc1cc(F)ccc1F)N1CCC(CO)C1. The predicted molar refractivity (Wildman–Crippen MR) is 65.4 cm³/mol. The van der Waals surface area contributed by atoms with E-state index in [1.165, 1.54) is 0 Å². The van der Waals surface area contributed by atoms with Crippen molar-refractivity contribution in [3.63, 3.8) is 0 Å². The van der Waals surface area contributed by atoms with Crippen LogP contribution in [0.25, 0.3) is 0 Å². The molecule has 0 spiro atoms. The summed E-state index contributed by atoms with van der Waals surface area (Å²) in [4.78, 5) is 13.4. The molecule has 1 aliphatic rings. The molecule has 0 radical (unpaired) electrons. The largest absolute Gasteiger partial charge is 0.396 e. The monoisotopic (exact) mass is 270 g/mol. The molecular weight excluding hydrogens is 254 g/mol. The summed E-state index contributed by atoms with van der Waals surface area (Å²) in [6.45, 7) is 1.07. The van der Waals surface area contributed by atoms with E-state index in [1.54, 1.807) is 4.90 Å². The number of nitrogens with zero attached hydrogens (tertiary/aromatic N) is 1. The van der Waals surface area contributed by atoms with Crippen LogP contribution < -0.4 is 5.32 Å². The molecule has 6 heteroatoms. The lowest BCUT2D eigenvalue weighted by molar-refractivity contribution is 0.198. The van der Waals surface area contributed by atoms with Gasteiger partial charge in [-0.3, -0.25) is 0 Å². The summed E-state index contributed by atoms with van der Waals surface area (Å²) < 4.78 is 26.3. The zero-order chi connectivity index (χ0) is 13.8. The van der Waals surface area contributed by atoms with E-state index in [-0.39, 0.29) is 30.7 Å². The Morgan fingerprint density at radius 1 is 1.47 bits per heavy atom. The number of aliphatic hydroxyl groups excluding tert-OH is 1. The summed E-state index contributed by atoms with van der Waals surface area (Å²) in [6, 6.07) is 2.82. The molecule has 0 saturated carbocycles. The Balaban J connectivity index is 1.88. The van der Waals surface area contributed by atoms with Gasteiger partial charge in [-0.1, -0.05) is 0 Å². The van der Waals surface area contributed by atoms with Gasteiger partial charge in [0.1, 0.15) is 11.6 Å². The first-order chi connectivity index (χ1) is 9.10. The van der Waals surface area contributed by atoms with Gasteiger partial charge in [-0.05, 0) is 24.6 Å². The summed E-state index contributed by atoms with van der Waals surface area (Å²) in [5.41, 5.74) is 0.117. The second kappa shape index (κ2) is 5.97. The molecule has 1 aromatic carbocycles. The Morgan fingerprint density at radius 3 is 2.95 bits per heavy atom. The highest BCUT2D eigenvalue weighted by atomic mass is 19.1. The fourth-order valence-electron chi connectivity index (χ4n) is 2.13. The van der Waals surface area contributed by atoms with Crippen LogP contribution in [0.4, 0.5) is 13.6 Å². The van der Waals surface area contributed by atoms with Crippen LogP contribution in [0.5, 0.6) is 0 Å². The number of aliphatic hydroxyl groups is 1. The van der Waals surface area contributed by atoms with Gasteiger partial charge in [0.05, 0.1) is 0 Å². The van der Waals surface area contributed by atoms with E-state index in [9.17, 15) is 13.6 Å². The normalized spacial score (nSPS) is 18.7. The molecule has 1 aliphatic heterocycles. The Hall–Kier alpha value is -1.69. The van der Waals surface area contributed by atoms with Gasteiger partial charge < -0.3 is 15.3 Å². The second-order valence-electron chi connectivity index (χ2n) is 4.68. The van der Waals surface area contributed by atoms with Crippen LogP contribution in [0, 0.1) is 17.6 Å². The number of amides is 2. The lowest BCUT2D eigenvalue weighted by Crippen LogP contribution is -2.38. The molecule has 1 unspecified atom stereocenters. The van der Waals surface area contributed by atoms with Crippen molar-refractivity contribution in [3.05, 3.63) is 35.4 Å². The Labute approximate surface area is 110 Å². The molecular formula is C13H16F2N2O2. The molecule has 2 rings (SSSR count). The highest BCUT2D eigenvalue weighted by Gasteiger charge is 2.25. The van der Waals surface area contributed by atoms with Crippen molar-refractivity contribution < 1.29 is 18.7 Å². The van der Waals surface area contributed by atoms with E-state index in [0.29, 0.717) is 13.1 Å².